The molecule has 0 atom stereocenters. The second-order valence-electron chi connectivity index (χ2n) is 4.31. The summed E-state index contributed by atoms with van der Waals surface area (Å²) in [6.45, 7) is 6.64. The molecule has 3 heteroatoms. The number of aliphatic carboxylic acids is 1. The second kappa shape index (κ2) is 18.6. The van der Waals surface area contributed by atoms with E-state index in [-0.39, 0.29) is 21.1 Å². The standard InChI is InChI=1S/C6H12O2.2C4H9.Sn/c1-2-3-4-5-6(7)8;2*1-3-4-2;/h2-5H2,1H3,(H,7,8);2*1,3-4H2,2H3;. The Kier molecular flexibility index (Phi) is 21.5. The molecule has 0 amide bonds. The van der Waals surface area contributed by atoms with Crippen molar-refractivity contribution in [2.75, 3.05) is 0 Å². The van der Waals surface area contributed by atoms with E-state index in [9.17, 15) is 4.79 Å². The predicted octanol–water partition coefficient (Wildman–Crippen LogP) is 4.78. The molecule has 0 unspecified atom stereocenters. The summed E-state index contributed by atoms with van der Waals surface area (Å²) in [5.74, 6) is -0.682. The Morgan fingerprint density at radius 2 is 1.35 bits per heavy atom. The number of hydrogen-bond acceptors (Lipinski definition) is 1. The predicted molar refractivity (Wildman–Crippen MR) is 77.0 cm³/mol. The Balaban J connectivity index is 0. The first-order chi connectivity index (χ1) is 8.18. The molecule has 0 aromatic heterocycles. The summed E-state index contributed by atoms with van der Waals surface area (Å²) in [5.41, 5.74) is 0. The molecule has 102 valence electrons. The fraction of sp³-hybridized carbons (Fsp3) is 0.929. The number of carboxylic acids is 1. The van der Waals surface area contributed by atoms with Gasteiger partial charge in [-0.25, -0.2) is 0 Å². The van der Waals surface area contributed by atoms with E-state index in [0.29, 0.717) is 6.42 Å². The summed E-state index contributed by atoms with van der Waals surface area (Å²) in [7, 11) is 0. The normalized spacial score (nSPS) is 9.59. The number of carbonyl (C=O) groups is 1. The van der Waals surface area contributed by atoms with Gasteiger partial charge in [-0.1, -0.05) is 19.8 Å². The molecule has 0 aliphatic rings. The van der Waals surface area contributed by atoms with E-state index in [2.05, 4.69) is 20.8 Å². The van der Waals surface area contributed by atoms with Gasteiger partial charge >= 0.3 is 75.5 Å². The van der Waals surface area contributed by atoms with Gasteiger partial charge < -0.3 is 5.11 Å². The van der Waals surface area contributed by atoms with Crippen LogP contribution in [-0.4, -0.2) is 32.2 Å². The summed E-state index contributed by atoms with van der Waals surface area (Å²) < 4.78 is 3.25. The van der Waals surface area contributed by atoms with Gasteiger partial charge in [0.05, 0.1) is 0 Å². The van der Waals surface area contributed by atoms with Crippen molar-refractivity contribution >= 4 is 27.1 Å². The van der Waals surface area contributed by atoms with Crippen molar-refractivity contribution < 1.29 is 9.90 Å². The van der Waals surface area contributed by atoms with Crippen molar-refractivity contribution in [2.45, 2.75) is 81.0 Å². The van der Waals surface area contributed by atoms with Gasteiger partial charge in [-0.15, -0.1) is 0 Å². The third-order valence-corrected chi connectivity index (χ3v) is 6.44. The van der Waals surface area contributed by atoms with E-state index in [4.69, 9.17) is 5.11 Å². The molecule has 0 fully saturated rings. The zero-order valence-corrected chi connectivity index (χ0v) is 14.8. The topological polar surface area (TPSA) is 37.3 Å². The van der Waals surface area contributed by atoms with E-state index in [1.807, 2.05) is 0 Å². The molecule has 0 heterocycles. The van der Waals surface area contributed by atoms with Crippen LogP contribution in [0.1, 0.15) is 72.1 Å². The summed E-state index contributed by atoms with van der Waals surface area (Å²) in [6, 6.07) is 0. The van der Waals surface area contributed by atoms with Crippen LogP contribution in [0.15, 0.2) is 0 Å². The first-order valence-corrected chi connectivity index (χ1v) is 11.1. The van der Waals surface area contributed by atoms with Crippen molar-refractivity contribution in [3.8, 4) is 0 Å². The number of rotatable bonds is 10. The first-order valence-electron chi connectivity index (χ1n) is 7.11. The molecule has 1 N–H and O–H groups in total. The van der Waals surface area contributed by atoms with Crippen LogP contribution in [0.4, 0.5) is 0 Å². The Hall–Kier alpha value is 0.269. The van der Waals surface area contributed by atoms with Gasteiger partial charge in [-0.2, -0.15) is 0 Å². The van der Waals surface area contributed by atoms with E-state index < -0.39 is 5.97 Å². The van der Waals surface area contributed by atoms with Crippen molar-refractivity contribution in [3.05, 3.63) is 0 Å². The molecule has 0 aliphatic heterocycles. The van der Waals surface area contributed by atoms with E-state index in [1.165, 1.54) is 25.7 Å². The van der Waals surface area contributed by atoms with Crippen LogP contribution in [0.2, 0.25) is 8.87 Å². The van der Waals surface area contributed by atoms with Crippen LogP contribution in [-0.2, 0) is 4.79 Å². The quantitative estimate of drug-likeness (QED) is 0.455. The van der Waals surface area contributed by atoms with E-state index in [0.717, 1.165) is 19.3 Å². The molecule has 2 nitrogen and oxygen atoms in total. The monoisotopic (exact) mass is 350 g/mol. The summed E-state index contributed by atoms with van der Waals surface area (Å²) >= 11 is 0.149. The van der Waals surface area contributed by atoms with Crippen molar-refractivity contribution in [3.63, 3.8) is 0 Å². The van der Waals surface area contributed by atoms with Gasteiger partial charge in [0.1, 0.15) is 0 Å². The summed E-state index contributed by atoms with van der Waals surface area (Å²) in [4.78, 5) is 9.87. The van der Waals surface area contributed by atoms with E-state index in [1.54, 1.807) is 8.87 Å². The molecule has 0 spiro atoms. The average Bonchev–Trinajstić information content (AvgIpc) is 2.30. The number of hydrogen-bond donors (Lipinski definition) is 1. The minimum atomic E-state index is -0.682. The van der Waals surface area contributed by atoms with Crippen molar-refractivity contribution in [1.82, 2.24) is 0 Å². The average molecular weight is 349 g/mol. The molecule has 0 aromatic carbocycles. The Bertz CT molecular complexity index is 143. The molecule has 0 rings (SSSR count). The zero-order chi connectivity index (χ0) is 13.4. The van der Waals surface area contributed by atoms with Crippen molar-refractivity contribution in [2.24, 2.45) is 0 Å². The molecule has 17 heavy (non-hydrogen) atoms. The molecule has 0 aliphatic carbocycles. The molecular formula is C14H30O2Sn. The van der Waals surface area contributed by atoms with Crippen LogP contribution in [0.3, 0.4) is 0 Å². The Morgan fingerprint density at radius 1 is 0.882 bits per heavy atom. The van der Waals surface area contributed by atoms with E-state index >= 15 is 0 Å². The van der Waals surface area contributed by atoms with Crippen LogP contribution in [0, 0.1) is 0 Å². The molecule has 0 saturated heterocycles. The Morgan fingerprint density at radius 3 is 1.71 bits per heavy atom. The molecule has 0 aromatic rings. The van der Waals surface area contributed by atoms with Gasteiger partial charge in [0.2, 0.25) is 0 Å². The SMILES string of the molecule is CCCCCC(=O)O.CCC[CH2][Sn][CH2]CCC. The van der Waals surface area contributed by atoms with Gasteiger partial charge in [-0.05, 0) is 6.42 Å². The number of unbranched alkanes of at least 4 members (excludes halogenated alkanes) is 4. The molecule has 0 saturated carbocycles. The van der Waals surface area contributed by atoms with Crippen LogP contribution < -0.4 is 0 Å². The van der Waals surface area contributed by atoms with Gasteiger partial charge in [0.15, 0.2) is 0 Å². The maximum atomic E-state index is 9.87. The second-order valence-corrected chi connectivity index (χ2v) is 8.59. The Labute approximate surface area is 118 Å². The maximum absolute atomic E-state index is 9.87. The van der Waals surface area contributed by atoms with Gasteiger partial charge in [0.25, 0.3) is 0 Å². The fourth-order valence-corrected chi connectivity index (χ4v) is 5.41. The third-order valence-electron chi connectivity index (χ3n) is 2.41. The van der Waals surface area contributed by atoms with Crippen LogP contribution in [0.5, 0.6) is 0 Å². The van der Waals surface area contributed by atoms with Crippen LogP contribution >= 0.6 is 0 Å². The molecular weight excluding hydrogens is 319 g/mol. The molecule has 0 bridgehead atoms. The summed E-state index contributed by atoms with van der Waals surface area (Å²) in [5, 5.41) is 8.14. The first kappa shape index (κ1) is 19.6. The fourth-order valence-electron chi connectivity index (χ4n) is 1.25. The van der Waals surface area contributed by atoms with Gasteiger partial charge in [0, 0.05) is 6.42 Å². The van der Waals surface area contributed by atoms with Crippen molar-refractivity contribution in [1.29, 1.82) is 0 Å². The zero-order valence-electron chi connectivity index (χ0n) is 11.9. The third kappa shape index (κ3) is 26.1. The van der Waals surface area contributed by atoms with Crippen LogP contribution in [0.25, 0.3) is 0 Å². The summed E-state index contributed by atoms with van der Waals surface area (Å²) in [6.07, 6.45) is 9.12. The minimum absolute atomic E-state index is 0.149. The number of carboxylic acid groups (broad SMARTS) is 1. The van der Waals surface area contributed by atoms with Gasteiger partial charge in [-0.3, -0.25) is 4.79 Å². The molecule has 2 radical (unpaired) electrons.